The molecule has 0 aromatic heterocycles. The van der Waals surface area contributed by atoms with Crippen LogP contribution >= 0.6 is 11.6 Å². The van der Waals surface area contributed by atoms with Crippen molar-refractivity contribution in [2.24, 2.45) is 0 Å². The van der Waals surface area contributed by atoms with Crippen LogP contribution in [0.5, 0.6) is 0 Å². The molecule has 0 amide bonds. The summed E-state index contributed by atoms with van der Waals surface area (Å²) in [6.45, 7) is 0.991. The van der Waals surface area contributed by atoms with Crippen LogP contribution in [0, 0.1) is 0 Å². The minimum absolute atomic E-state index is 0.431. The molecule has 0 spiro atoms. The van der Waals surface area contributed by atoms with Gasteiger partial charge in [0.15, 0.2) is 0 Å². The molecule has 0 unspecified atom stereocenters. The third kappa shape index (κ3) is 2.69. The van der Waals surface area contributed by atoms with Crippen molar-refractivity contribution in [1.82, 2.24) is 0 Å². The van der Waals surface area contributed by atoms with Gasteiger partial charge in [-0.15, -0.1) is 11.6 Å². The lowest BCUT2D eigenvalue weighted by Crippen LogP contribution is -2.23. The highest BCUT2D eigenvalue weighted by Crippen LogP contribution is 2.13. The van der Waals surface area contributed by atoms with Gasteiger partial charge in [-0.2, -0.15) is 0 Å². The standard InChI is InChI=1S/C6H12ClOSi/c7-3-6-9-5-2-1-4-8-9/h1-6H2. The van der Waals surface area contributed by atoms with E-state index in [4.69, 9.17) is 16.0 Å². The molecule has 0 atom stereocenters. The normalized spacial score (nSPS) is 22.3. The fourth-order valence-electron chi connectivity index (χ4n) is 1.02. The Bertz CT molecular complexity index is 70.7. The summed E-state index contributed by atoms with van der Waals surface area (Å²) in [5.74, 6) is 0.786. The van der Waals surface area contributed by atoms with Crippen LogP contribution < -0.4 is 0 Å². The summed E-state index contributed by atoms with van der Waals surface area (Å²) in [5.41, 5.74) is 0. The lowest BCUT2D eigenvalue weighted by molar-refractivity contribution is 0.287. The monoisotopic (exact) mass is 163 g/mol. The van der Waals surface area contributed by atoms with E-state index >= 15 is 0 Å². The molecule has 3 heteroatoms. The quantitative estimate of drug-likeness (QED) is 0.447. The summed E-state index contributed by atoms with van der Waals surface area (Å²) in [7, 11) is -0.431. The summed E-state index contributed by atoms with van der Waals surface area (Å²) in [5, 5.41) is 0. The summed E-state index contributed by atoms with van der Waals surface area (Å²) in [6, 6.07) is 2.45. The van der Waals surface area contributed by atoms with Crippen molar-refractivity contribution in [2.45, 2.75) is 24.9 Å². The van der Waals surface area contributed by atoms with Gasteiger partial charge < -0.3 is 4.43 Å². The van der Waals surface area contributed by atoms with Crippen LogP contribution in [0.1, 0.15) is 12.8 Å². The van der Waals surface area contributed by atoms with Crippen molar-refractivity contribution in [3.63, 3.8) is 0 Å². The first-order chi connectivity index (χ1) is 4.43. The Labute approximate surface area is 63.1 Å². The molecule has 1 rings (SSSR count). The van der Waals surface area contributed by atoms with Gasteiger partial charge in [-0.3, -0.25) is 0 Å². The van der Waals surface area contributed by atoms with Crippen LogP contribution in [-0.4, -0.2) is 21.5 Å². The Balaban J connectivity index is 2.08. The topological polar surface area (TPSA) is 9.23 Å². The summed E-state index contributed by atoms with van der Waals surface area (Å²) >= 11 is 5.58. The molecule has 1 aliphatic rings. The average molecular weight is 164 g/mol. The maximum atomic E-state index is 5.58. The van der Waals surface area contributed by atoms with Crippen molar-refractivity contribution in [2.75, 3.05) is 12.5 Å². The Hall–Kier alpha value is 0.467. The third-order valence-corrected chi connectivity index (χ3v) is 4.37. The smallest absolute Gasteiger partial charge is 0.212 e. The van der Waals surface area contributed by atoms with Gasteiger partial charge in [0, 0.05) is 12.5 Å². The molecular formula is C6H12ClOSi. The number of halogens is 1. The summed E-state index contributed by atoms with van der Waals surface area (Å²) in [6.07, 6.45) is 2.63. The first kappa shape index (κ1) is 7.57. The molecule has 1 fully saturated rings. The van der Waals surface area contributed by atoms with E-state index in [2.05, 4.69) is 0 Å². The van der Waals surface area contributed by atoms with Gasteiger partial charge in [-0.05, 0) is 18.5 Å². The van der Waals surface area contributed by atoms with Gasteiger partial charge in [-0.1, -0.05) is 6.42 Å². The molecule has 0 aliphatic carbocycles. The maximum absolute atomic E-state index is 5.58. The zero-order valence-electron chi connectivity index (χ0n) is 5.53. The van der Waals surface area contributed by atoms with Gasteiger partial charge in [0.2, 0.25) is 9.04 Å². The van der Waals surface area contributed by atoms with E-state index in [1.54, 1.807) is 0 Å². The number of hydrogen-bond donors (Lipinski definition) is 0. The highest BCUT2D eigenvalue weighted by atomic mass is 35.5. The van der Waals surface area contributed by atoms with Crippen LogP contribution in [-0.2, 0) is 4.43 Å². The van der Waals surface area contributed by atoms with E-state index in [-0.39, 0.29) is 0 Å². The van der Waals surface area contributed by atoms with E-state index in [1.807, 2.05) is 0 Å². The lowest BCUT2D eigenvalue weighted by atomic mass is 10.4. The van der Waals surface area contributed by atoms with Gasteiger partial charge in [0.1, 0.15) is 0 Å². The van der Waals surface area contributed by atoms with Gasteiger partial charge in [0.05, 0.1) is 0 Å². The van der Waals surface area contributed by atoms with Crippen molar-refractivity contribution >= 4 is 20.6 Å². The minimum Gasteiger partial charge on any atom is -0.417 e. The zero-order chi connectivity index (χ0) is 6.53. The molecule has 9 heavy (non-hydrogen) atoms. The summed E-state index contributed by atoms with van der Waals surface area (Å²) < 4.78 is 5.54. The van der Waals surface area contributed by atoms with E-state index in [9.17, 15) is 0 Å². The molecule has 1 radical (unpaired) electrons. The molecule has 0 saturated carbocycles. The Morgan fingerprint density at radius 3 is 2.89 bits per heavy atom. The zero-order valence-corrected chi connectivity index (χ0v) is 7.28. The van der Waals surface area contributed by atoms with Gasteiger partial charge in [0.25, 0.3) is 0 Å². The number of alkyl halides is 1. The van der Waals surface area contributed by atoms with Crippen LogP contribution in [0.2, 0.25) is 12.1 Å². The molecule has 0 aromatic carbocycles. The van der Waals surface area contributed by atoms with Crippen molar-refractivity contribution < 1.29 is 4.43 Å². The fourth-order valence-corrected chi connectivity index (χ4v) is 3.47. The highest BCUT2D eigenvalue weighted by molar-refractivity contribution is 6.53. The molecule has 1 saturated heterocycles. The SMILES string of the molecule is ClCC[Si]1CCCCO1. The predicted octanol–water partition coefficient (Wildman–Crippen LogP) is 2.03. The third-order valence-electron chi connectivity index (χ3n) is 1.53. The molecule has 0 N–H and O–H groups in total. The van der Waals surface area contributed by atoms with Crippen LogP contribution in [0.25, 0.3) is 0 Å². The van der Waals surface area contributed by atoms with E-state index in [0.717, 1.165) is 18.5 Å². The Morgan fingerprint density at radius 2 is 2.33 bits per heavy atom. The fraction of sp³-hybridized carbons (Fsp3) is 1.00. The largest absolute Gasteiger partial charge is 0.417 e. The van der Waals surface area contributed by atoms with Crippen molar-refractivity contribution in [3.8, 4) is 0 Å². The first-order valence-electron chi connectivity index (χ1n) is 3.47. The molecular weight excluding hydrogens is 152 g/mol. The van der Waals surface area contributed by atoms with Gasteiger partial charge in [-0.25, -0.2) is 0 Å². The summed E-state index contributed by atoms with van der Waals surface area (Å²) in [4.78, 5) is 0. The van der Waals surface area contributed by atoms with Crippen molar-refractivity contribution in [3.05, 3.63) is 0 Å². The van der Waals surface area contributed by atoms with E-state index in [0.29, 0.717) is 0 Å². The average Bonchev–Trinajstić information content (AvgIpc) is 1.91. The second-order valence-electron chi connectivity index (χ2n) is 2.28. The second kappa shape index (κ2) is 4.31. The van der Waals surface area contributed by atoms with E-state index in [1.165, 1.54) is 18.9 Å². The number of hydrogen-bond acceptors (Lipinski definition) is 1. The molecule has 1 nitrogen and oxygen atoms in total. The van der Waals surface area contributed by atoms with E-state index < -0.39 is 9.04 Å². The molecule has 1 heterocycles. The lowest BCUT2D eigenvalue weighted by Gasteiger charge is -2.18. The minimum atomic E-state index is -0.431. The Kier molecular flexibility index (Phi) is 3.63. The molecule has 0 bridgehead atoms. The van der Waals surface area contributed by atoms with Crippen molar-refractivity contribution in [1.29, 1.82) is 0 Å². The van der Waals surface area contributed by atoms with Gasteiger partial charge >= 0.3 is 0 Å². The molecule has 0 aromatic rings. The van der Waals surface area contributed by atoms with Crippen LogP contribution in [0.4, 0.5) is 0 Å². The maximum Gasteiger partial charge on any atom is 0.212 e. The van der Waals surface area contributed by atoms with Crippen LogP contribution in [0.15, 0.2) is 0 Å². The Morgan fingerprint density at radius 1 is 1.44 bits per heavy atom. The first-order valence-corrected chi connectivity index (χ1v) is 5.82. The molecule has 1 aliphatic heterocycles. The number of rotatable bonds is 2. The molecule has 53 valence electrons. The van der Waals surface area contributed by atoms with Crippen LogP contribution in [0.3, 0.4) is 0 Å². The highest BCUT2D eigenvalue weighted by Gasteiger charge is 2.15. The predicted molar refractivity (Wildman–Crippen MR) is 41.3 cm³/mol. The second-order valence-corrected chi connectivity index (χ2v) is 5.03.